The van der Waals surface area contributed by atoms with E-state index in [4.69, 9.17) is 23.3 Å². The standard InChI is InChI=1S/C68H117O11P/c1-4-7-10-13-16-19-22-25-28-30-32-34-37-39-42-45-48-51-54-57-66(70)75-61-65(79-68(72)59-56-53-50-47-44-41-38-35-33-31-29-26-23-20-17-14-11-8-5-2)63-77-80(73,74)76-62-64(60-69)78-67(71)58-55-52-49-46-43-40-36-27-24-21-18-15-12-9-6-3/h8,11,16-21,25-29,33,35-36,64-65,69H,4-7,9-10,12-15,22-24,30-32,34,37-63H2,1-3H3,(H,73,74)/b11-8-,19-16-,20-17-,21-18-,28-25-,29-26-,35-33-,36-27-. The molecule has 460 valence electrons. The Balaban J connectivity index is 4.76. The van der Waals surface area contributed by atoms with Crippen molar-refractivity contribution in [2.24, 2.45) is 0 Å². The van der Waals surface area contributed by atoms with Crippen LogP contribution in [0.25, 0.3) is 0 Å². The van der Waals surface area contributed by atoms with Gasteiger partial charge in [0.25, 0.3) is 0 Å². The number of rotatable bonds is 59. The average molecular weight is 1140 g/mol. The van der Waals surface area contributed by atoms with Crippen LogP contribution in [0.15, 0.2) is 97.2 Å². The van der Waals surface area contributed by atoms with Gasteiger partial charge in [0.05, 0.1) is 19.8 Å². The zero-order chi connectivity index (χ0) is 58.3. The minimum atomic E-state index is -4.77. The van der Waals surface area contributed by atoms with Crippen LogP contribution in [0, 0.1) is 0 Å². The summed E-state index contributed by atoms with van der Waals surface area (Å²) in [7, 11) is -4.77. The Bertz CT molecular complexity index is 1710. The molecule has 0 aromatic carbocycles. The van der Waals surface area contributed by atoms with Gasteiger partial charge < -0.3 is 24.2 Å². The van der Waals surface area contributed by atoms with E-state index in [-0.39, 0.29) is 25.9 Å². The Hall–Kier alpha value is -3.60. The van der Waals surface area contributed by atoms with Gasteiger partial charge in [0.15, 0.2) is 6.10 Å². The van der Waals surface area contributed by atoms with Gasteiger partial charge in [-0.15, -0.1) is 0 Å². The Morgan fingerprint density at radius 1 is 0.362 bits per heavy atom. The Labute approximate surface area is 489 Å². The van der Waals surface area contributed by atoms with Crippen LogP contribution < -0.4 is 0 Å². The molecule has 0 aliphatic heterocycles. The molecule has 0 fully saturated rings. The molecule has 12 heteroatoms. The lowest BCUT2D eigenvalue weighted by molar-refractivity contribution is -0.161. The van der Waals surface area contributed by atoms with E-state index in [1.54, 1.807) is 0 Å². The topological polar surface area (TPSA) is 155 Å². The predicted octanol–water partition coefficient (Wildman–Crippen LogP) is 19.6. The summed E-state index contributed by atoms with van der Waals surface area (Å²) in [5.74, 6) is -1.50. The van der Waals surface area contributed by atoms with Gasteiger partial charge >= 0.3 is 25.7 Å². The molecule has 0 radical (unpaired) electrons. The number of aliphatic hydroxyl groups is 1. The molecular weight excluding hydrogens is 1020 g/mol. The van der Waals surface area contributed by atoms with Crippen molar-refractivity contribution in [1.29, 1.82) is 0 Å². The highest BCUT2D eigenvalue weighted by Gasteiger charge is 2.28. The average Bonchev–Trinajstić information content (AvgIpc) is 3.45. The van der Waals surface area contributed by atoms with Gasteiger partial charge in [-0.2, -0.15) is 0 Å². The van der Waals surface area contributed by atoms with Gasteiger partial charge in [0.2, 0.25) is 0 Å². The number of esters is 3. The third-order valence-electron chi connectivity index (χ3n) is 13.5. The monoisotopic (exact) mass is 1140 g/mol. The highest BCUT2D eigenvalue weighted by molar-refractivity contribution is 7.47. The van der Waals surface area contributed by atoms with E-state index in [0.717, 1.165) is 141 Å². The molecule has 0 bridgehead atoms. The van der Waals surface area contributed by atoms with Gasteiger partial charge in [-0.05, 0) is 122 Å². The summed E-state index contributed by atoms with van der Waals surface area (Å²) >= 11 is 0. The van der Waals surface area contributed by atoms with Crippen molar-refractivity contribution in [2.45, 2.75) is 290 Å². The minimum Gasteiger partial charge on any atom is -0.462 e. The fraction of sp³-hybridized carbons (Fsp3) is 0.721. The molecule has 0 amide bonds. The minimum absolute atomic E-state index is 0.146. The second-order valence-electron chi connectivity index (χ2n) is 21.2. The highest BCUT2D eigenvalue weighted by atomic mass is 31.2. The Kier molecular flexibility index (Phi) is 58.7. The van der Waals surface area contributed by atoms with Crippen LogP contribution in [0.2, 0.25) is 0 Å². The van der Waals surface area contributed by atoms with Crippen molar-refractivity contribution >= 4 is 25.7 Å². The lowest BCUT2D eigenvalue weighted by atomic mass is 10.1. The fourth-order valence-electron chi connectivity index (χ4n) is 8.58. The number of aliphatic hydroxyl groups excluding tert-OH is 1. The Morgan fingerprint density at radius 2 is 0.650 bits per heavy atom. The summed E-state index contributed by atoms with van der Waals surface area (Å²) in [6.45, 7) is 4.47. The van der Waals surface area contributed by atoms with Crippen LogP contribution in [-0.2, 0) is 42.2 Å². The number of carbonyl (C=O) groups excluding carboxylic acids is 3. The first-order valence-corrected chi connectivity index (χ1v) is 33.6. The van der Waals surface area contributed by atoms with Crippen molar-refractivity contribution in [3.8, 4) is 0 Å². The number of unbranched alkanes of at least 4 members (excludes halogenated alkanes) is 26. The second-order valence-corrected chi connectivity index (χ2v) is 22.6. The third kappa shape index (κ3) is 59.0. The largest absolute Gasteiger partial charge is 0.472 e. The molecule has 0 aromatic rings. The first-order chi connectivity index (χ1) is 39.2. The highest BCUT2D eigenvalue weighted by Crippen LogP contribution is 2.43. The van der Waals surface area contributed by atoms with E-state index in [1.165, 1.54) is 77.0 Å². The number of hydrogen-bond acceptors (Lipinski definition) is 10. The van der Waals surface area contributed by atoms with Crippen LogP contribution in [0.1, 0.15) is 278 Å². The van der Waals surface area contributed by atoms with Crippen LogP contribution in [-0.4, -0.2) is 66.5 Å². The first-order valence-electron chi connectivity index (χ1n) is 32.1. The third-order valence-corrected chi connectivity index (χ3v) is 14.4. The fourth-order valence-corrected chi connectivity index (χ4v) is 9.37. The van der Waals surface area contributed by atoms with Crippen LogP contribution in [0.4, 0.5) is 0 Å². The number of hydrogen-bond donors (Lipinski definition) is 2. The molecule has 0 spiro atoms. The van der Waals surface area contributed by atoms with Gasteiger partial charge in [-0.3, -0.25) is 23.4 Å². The molecule has 0 rings (SSSR count). The maximum absolute atomic E-state index is 13.0. The SMILES string of the molecule is CC/C=C\C/C=C\C/C=C\C/C=C\CCCCCCCCC(=O)OC(COC(=O)CCCCCCCCCCC/C=C\C/C=C\CCCCC)COP(=O)(O)OCC(CO)OC(=O)CCCCCCC/C=C\C/C=C\CCCCC. The van der Waals surface area contributed by atoms with Crippen molar-refractivity contribution < 1.29 is 52.2 Å². The Morgan fingerprint density at radius 3 is 1.00 bits per heavy atom. The van der Waals surface area contributed by atoms with Crippen molar-refractivity contribution in [1.82, 2.24) is 0 Å². The van der Waals surface area contributed by atoms with E-state index in [0.29, 0.717) is 19.3 Å². The quantitative estimate of drug-likeness (QED) is 0.0197. The normalized spacial score (nSPS) is 13.9. The summed E-state index contributed by atoms with van der Waals surface area (Å²) in [6, 6.07) is 0. The number of phosphoric ester groups is 1. The van der Waals surface area contributed by atoms with Crippen molar-refractivity contribution in [2.75, 3.05) is 26.4 Å². The molecule has 2 N–H and O–H groups in total. The van der Waals surface area contributed by atoms with Crippen molar-refractivity contribution in [3.63, 3.8) is 0 Å². The summed E-state index contributed by atoms with van der Waals surface area (Å²) in [6.07, 6.45) is 73.5. The molecule has 80 heavy (non-hydrogen) atoms. The molecule has 0 saturated heterocycles. The lowest BCUT2D eigenvalue weighted by Gasteiger charge is -2.21. The van der Waals surface area contributed by atoms with Crippen LogP contribution >= 0.6 is 7.82 Å². The summed E-state index contributed by atoms with van der Waals surface area (Å²) in [4.78, 5) is 48.8. The summed E-state index contributed by atoms with van der Waals surface area (Å²) in [5.41, 5.74) is 0. The van der Waals surface area contributed by atoms with Crippen LogP contribution in [0.3, 0.4) is 0 Å². The molecule has 0 aliphatic carbocycles. The van der Waals surface area contributed by atoms with Gasteiger partial charge in [0, 0.05) is 19.3 Å². The van der Waals surface area contributed by atoms with Gasteiger partial charge in [-0.1, -0.05) is 234 Å². The summed E-state index contributed by atoms with van der Waals surface area (Å²) in [5, 5.41) is 9.85. The van der Waals surface area contributed by atoms with E-state index in [1.807, 2.05) is 0 Å². The molecule has 0 aliphatic rings. The van der Waals surface area contributed by atoms with Gasteiger partial charge in [0.1, 0.15) is 12.7 Å². The smallest absolute Gasteiger partial charge is 0.462 e. The maximum atomic E-state index is 13.0. The van der Waals surface area contributed by atoms with E-state index in [9.17, 15) is 28.9 Å². The zero-order valence-corrected chi connectivity index (χ0v) is 51.9. The number of ether oxygens (including phenoxy) is 3. The number of carbonyl (C=O) groups is 3. The maximum Gasteiger partial charge on any atom is 0.472 e. The first kappa shape index (κ1) is 76.4. The van der Waals surface area contributed by atoms with E-state index in [2.05, 4.69) is 118 Å². The van der Waals surface area contributed by atoms with Crippen molar-refractivity contribution in [3.05, 3.63) is 97.2 Å². The second kappa shape index (κ2) is 61.5. The molecule has 3 unspecified atom stereocenters. The lowest BCUT2D eigenvalue weighted by Crippen LogP contribution is -2.30. The zero-order valence-electron chi connectivity index (χ0n) is 51.0. The summed E-state index contributed by atoms with van der Waals surface area (Å²) < 4.78 is 39.7. The molecule has 0 saturated carbocycles. The molecule has 0 aromatic heterocycles. The van der Waals surface area contributed by atoms with E-state index >= 15 is 0 Å². The van der Waals surface area contributed by atoms with Gasteiger partial charge in [-0.25, -0.2) is 4.57 Å². The molecule has 3 atom stereocenters. The predicted molar refractivity (Wildman–Crippen MR) is 334 cm³/mol. The molecular formula is C68H117O11P. The molecule has 0 heterocycles. The van der Waals surface area contributed by atoms with E-state index < -0.39 is 57.8 Å². The number of allylic oxidation sites excluding steroid dienone is 16. The molecule has 11 nitrogen and oxygen atoms in total. The number of phosphoric acid groups is 1. The van der Waals surface area contributed by atoms with Crippen LogP contribution in [0.5, 0.6) is 0 Å².